The minimum absolute atomic E-state index is 0.583. The first-order valence-corrected chi connectivity index (χ1v) is 7.21. The van der Waals surface area contributed by atoms with Crippen LogP contribution >= 0.6 is 0 Å². The van der Waals surface area contributed by atoms with E-state index in [0.29, 0.717) is 5.41 Å². The van der Waals surface area contributed by atoms with Gasteiger partial charge in [0, 0.05) is 6.04 Å². The lowest BCUT2D eigenvalue weighted by atomic mass is 9.70. The van der Waals surface area contributed by atoms with E-state index in [1.165, 1.54) is 38.6 Å². The van der Waals surface area contributed by atoms with E-state index >= 15 is 0 Å². The highest BCUT2D eigenvalue weighted by Gasteiger charge is 2.33. The molecule has 0 aliphatic heterocycles. The van der Waals surface area contributed by atoms with Crippen LogP contribution < -0.4 is 5.32 Å². The summed E-state index contributed by atoms with van der Waals surface area (Å²) in [5.74, 6) is 2.81. The zero-order valence-corrected chi connectivity index (χ0v) is 11.6. The normalized spacial score (nSPS) is 36.0. The van der Waals surface area contributed by atoms with Gasteiger partial charge in [-0.15, -0.1) is 0 Å². The molecule has 94 valence electrons. The Balaban J connectivity index is 1.73. The van der Waals surface area contributed by atoms with Crippen LogP contribution in [0.15, 0.2) is 0 Å². The van der Waals surface area contributed by atoms with Gasteiger partial charge >= 0.3 is 0 Å². The second-order valence-electron chi connectivity index (χ2n) is 7.21. The third-order valence-electron chi connectivity index (χ3n) is 4.82. The van der Waals surface area contributed by atoms with Crippen molar-refractivity contribution in [3.8, 4) is 0 Å². The standard InChI is InChI=1S/C15H29N/c1-11-9-15(3,4)8-7-14(11)16-10-12(2)13-5-6-13/h11-14,16H,5-10H2,1-4H3. The summed E-state index contributed by atoms with van der Waals surface area (Å²) in [6.45, 7) is 10.9. The monoisotopic (exact) mass is 223 g/mol. The zero-order valence-electron chi connectivity index (χ0n) is 11.6. The Morgan fingerprint density at radius 1 is 1.25 bits per heavy atom. The summed E-state index contributed by atoms with van der Waals surface area (Å²) in [6, 6.07) is 0.786. The van der Waals surface area contributed by atoms with E-state index in [-0.39, 0.29) is 0 Å². The Morgan fingerprint density at radius 3 is 2.50 bits per heavy atom. The van der Waals surface area contributed by atoms with Crippen molar-refractivity contribution in [2.75, 3.05) is 6.54 Å². The van der Waals surface area contributed by atoms with Crippen molar-refractivity contribution in [1.82, 2.24) is 5.32 Å². The molecule has 0 aromatic heterocycles. The van der Waals surface area contributed by atoms with Gasteiger partial charge in [0.1, 0.15) is 0 Å². The molecule has 0 heterocycles. The SMILES string of the molecule is CC(CNC1CCC(C)(C)CC1C)C1CC1. The lowest BCUT2D eigenvalue weighted by molar-refractivity contribution is 0.145. The maximum Gasteiger partial charge on any atom is 0.00932 e. The van der Waals surface area contributed by atoms with Crippen LogP contribution in [0.3, 0.4) is 0 Å². The van der Waals surface area contributed by atoms with E-state index < -0.39 is 0 Å². The van der Waals surface area contributed by atoms with Gasteiger partial charge in [-0.3, -0.25) is 0 Å². The summed E-state index contributed by atoms with van der Waals surface area (Å²) >= 11 is 0. The molecule has 0 saturated heterocycles. The quantitative estimate of drug-likeness (QED) is 0.763. The highest BCUT2D eigenvalue weighted by atomic mass is 14.9. The van der Waals surface area contributed by atoms with E-state index in [4.69, 9.17) is 0 Å². The van der Waals surface area contributed by atoms with Gasteiger partial charge in [0.2, 0.25) is 0 Å². The van der Waals surface area contributed by atoms with Crippen molar-refractivity contribution in [3.05, 3.63) is 0 Å². The third kappa shape index (κ3) is 3.23. The van der Waals surface area contributed by atoms with Gasteiger partial charge in [0.05, 0.1) is 0 Å². The van der Waals surface area contributed by atoms with E-state index in [9.17, 15) is 0 Å². The first-order valence-electron chi connectivity index (χ1n) is 7.21. The molecule has 0 amide bonds. The zero-order chi connectivity index (χ0) is 11.8. The minimum Gasteiger partial charge on any atom is -0.313 e. The predicted octanol–water partition coefficient (Wildman–Crippen LogP) is 3.84. The molecule has 16 heavy (non-hydrogen) atoms. The molecule has 1 N–H and O–H groups in total. The Bertz CT molecular complexity index is 230. The molecular weight excluding hydrogens is 194 g/mol. The average Bonchev–Trinajstić information content (AvgIpc) is 2.97. The van der Waals surface area contributed by atoms with E-state index in [1.807, 2.05) is 0 Å². The second kappa shape index (κ2) is 4.68. The van der Waals surface area contributed by atoms with Gasteiger partial charge in [0.15, 0.2) is 0 Å². The molecule has 2 rings (SSSR count). The lowest BCUT2D eigenvalue weighted by Crippen LogP contribution is -2.43. The minimum atomic E-state index is 0.583. The van der Waals surface area contributed by atoms with Crippen LogP contribution in [0, 0.1) is 23.2 Å². The van der Waals surface area contributed by atoms with E-state index in [0.717, 1.165) is 23.8 Å². The average molecular weight is 223 g/mol. The molecular formula is C15H29N. The van der Waals surface area contributed by atoms with E-state index in [2.05, 4.69) is 33.0 Å². The number of hydrogen-bond acceptors (Lipinski definition) is 1. The summed E-state index contributed by atoms with van der Waals surface area (Å²) < 4.78 is 0. The molecule has 0 spiro atoms. The summed E-state index contributed by atoms with van der Waals surface area (Å²) in [7, 11) is 0. The molecule has 2 saturated carbocycles. The summed E-state index contributed by atoms with van der Waals surface area (Å²) in [6.07, 6.45) is 7.13. The van der Waals surface area contributed by atoms with Crippen LogP contribution in [0.4, 0.5) is 0 Å². The van der Waals surface area contributed by atoms with Gasteiger partial charge in [0.25, 0.3) is 0 Å². The van der Waals surface area contributed by atoms with Crippen molar-refractivity contribution in [2.45, 2.75) is 65.8 Å². The molecule has 0 aromatic rings. The van der Waals surface area contributed by atoms with Crippen molar-refractivity contribution in [3.63, 3.8) is 0 Å². The maximum absolute atomic E-state index is 3.83. The summed E-state index contributed by atoms with van der Waals surface area (Å²) in [5.41, 5.74) is 0.583. The molecule has 3 unspecified atom stereocenters. The fourth-order valence-electron chi connectivity index (χ4n) is 3.42. The topological polar surface area (TPSA) is 12.0 Å². The summed E-state index contributed by atoms with van der Waals surface area (Å²) in [4.78, 5) is 0. The van der Waals surface area contributed by atoms with Crippen molar-refractivity contribution < 1.29 is 0 Å². The van der Waals surface area contributed by atoms with Gasteiger partial charge in [-0.1, -0.05) is 27.7 Å². The summed E-state index contributed by atoms with van der Waals surface area (Å²) in [5, 5.41) is 3.83. The van der Waals surface area contributed by atoms with Crippen LogP contribution in [0.1, 0.15) is 59.8 Å². The van der Waals surface area contributed by atoms with Crippen molar-refractivity contribution >= 4 is 0 Å². The third-order valence-corrected chi connectivity index (χ3v) is 4.82. The Morgan fingerprint density at radius 2 is 1.94 bits per heavy atom. The Hall–Kier alpha value is -0.0400. The number of nitrogens with one attached hydrogen (secondary N) is 1. The highest BCUT2D eigenvalue weighted by Crippen LogP contribution is 2.39. The molecule has 1 heteroatoms. The van der Waals surface area contributed by atoms with Gasteiger partial charge in [-0.25, -0.2) is 0 Å². The lowest BCUT2D eigenvalue weighted by Gasteiger charge is -2.40. The number of hydrogen-bond donors (Lipinski definition) is 1. The number of rotatable bonds is 4. The molecule has 0 bridgehead atoms. The Labute approximate surface area is 101 Å². The fraction of sp³-hybridized carbons (Fsp3) is 1.00. The molecule has 0 radical (unpaired) electrons. The second-order valence-corrected chi connectivity index (χ2v) is 7.21. The smallest absolute Gasteiger partial charge is 0.00932 e. The fourth-order valence-corrected chi connectivity index (χ4v) is 3.42. The first kappa shape index (κ1) is 12.4. The van der Waals surface area contributed by atoms with Gasteiger partial charge < -0.3 is 5.32 Å². The van der Waals surface area contributed by atoms with Gasteiger partial charge in [-0.2, -0.15) is 0 Å². The molecule has 3 atom stereocenters. The van der Waals surface area contributed by atoms with Crippen LogP contribution in [0.2, 0.25) is 0 Å². The van der Waals surface area contributed by atoms with Crippen LogP contribution in [-0.2, 0) is 0 Å². The molecule has 2 aliphatic carbocycles. The predicted molar refractivity (Wildman–Crippen MR) is 70.5 cm³/mol. The van der Waals surface area contributed by atoms with Crippen LogP contribution in [-0.4, -0.2) is 12.6 Å². The first-order chi connectivity index (χ1) is 7.48. The highest BCUT2D eigenvalue weighted by molar-refractivity contribution is 4.88. The molecule has 0 aromatic carbocycles. The van der Waals surface area contributed by atoms with Crippen LogP contribution in [0.25, 0.3) is 0 Å². The van der Waals surface area contributed by atoms with Crippen LogP contribution in [0.5, 0.6) is 0 Å². The van der Waals surface area contributed by atoms with Crippen molar-refractivity contribution in [1.29, 1.82) is 0 Å². The van der Waals surface area contributed by atoms with Gasteiger partial charge in [-0.05, 0) is 61.8 Å². The molecule has 2 fully saturated rings. The van der Waals surface area contributed by atoms with E-state index in [1.54, 1.807) is 0 Å². The maximum atomic E-state index is 3.83. The molecule has 2 aliphatic rings. The largest absolute Gasteiger partial charge is 0.313 e. The Kier molecular flexibility index (Phi) is 3.63. The van der Waals surface area contributed by atoms with Crippen molar-refractivity contribution in [2.24, 2.45) is 23.2 Å². The molecule has 1 nitrogen and oxygen atoms in total.